The molecule has 0 aliphatic rings. The summed E-state index contributed by atoms with van der Waals surface area (Å²) in [5.41, 5.74) is 2.40. The Balaban J connectivity index is 2.35. The summed E-state index contributed by atoms with van der Waals surface area (Å²) in [4.78, 5) is 12.5. The molecular formula is C15H15Br2ClN2O. The minimum Gasteiger partial charge on any atom is -0.294 e. The molecular weight excluding hydrogens is 419 g/mol. The van der Waals surface area contributed by atoms with Crippen LogP contribution in [0, 0.1) is 0 Å². The van der Waals surface area contributed by atoms with E-state index in [1.165, 1.54) is 0 Å². The van der Waals surface area contributed by atoms with Crippen molar-refractivity contribution in [3.8, 4) is 0 Å². The number of rotatable bonds is 5. The van der Waals surface area contributed by atoms with E-state index in [2.05, 4.69) is 37.0 Å². The van der Waals surface area contributed by atoms with E-state index in [0.717, 1.165) is 33.3 Å². The number of carbonyl (C=O) groups excluding carboxylic acids is 1. The molecule has 2 rings (SSSR count). The third kappa shape index (κ3) is 3.58. The summed E-state index contributed by atoms with van der Waals surface area (Å²) in [5.74, 6) is -0.0146. The van der Waals surface area contributed by atoms with Crippen molar-refractivity contribution in [3.05, 3.63) is 49.1 Å². The molecule has 1 heterocycles. The quantitative estimate of drug-likeness (QED) is 0.616. The first kappa shape index (κ1) is 16.7. The summed E-state index contributed by atoms with van der Waals surface area (Å²) in [6.07, 6.45) is 1.10. The van der Waals surface area contributed by atoms with Gasteiger partial charge in [0.15, 0.2) is 5.78 Å². The lowest BCUT2D eigenvalue weighted by Crippen LogP contribution is -2.10. The molecule has 0 aliphatic carbocycles. The molecule has 0 radical (unpaired) electrons. The Bertz CT molecular complexity index is 683. The lowest BCUT2D eigenvalue weighted by Gasteiger charge is -2.07. The van der Waals surface area contributed by atoms with Gasteiger partial charge in [0.25, 0.3) is 0 Å². The molecule has 0 aliphatic heterocycles. The van der Waals surface area contributed by atoms with Crippen molar-refractivity contribution in [2.45, 2.75) is 33.2 Å². The zero-order valence-electron chi connectivity index (χ0n) is 11.8. The number of Topliss-reactive ketones (excluding diaryl/α,β-unsaturated/α-hetero) is 1. The highest BCUT2D eigenvalue weighted by Gasteiger charge is 2.19. The Hall–Kier alpha value is -0.650. The fourth-order valence-corrected chi connectivity index (χ4v) is 3.43. The first-order valence-corrected chi connectivity index (χ1v) is 8.66. The molecule has 0 bridgehead atoms. The second kappa shape index (κ2) is 7.07. The van der Waals surface area contributed by atoms with E-state index in [-0.39, 0.29) is 12.2 Å². The maximum Gasteiger partial charge on any atom is 0.170 e. The van der Waals surface area contributed by atoms with Crippen LogP contribution in [0.5, 0.6) is 0 Å². The number of ketones is 1. The first-order chi connectivity index (χ1) is 9.97. The van der Waals surface area contributed by atoms with Crippen LogP contribution in [0.3, 0.4) is 0 Å². The maximum absolute atomic E-state index is 12.5. The Morgan fingerprint density at radius 3 is 2.67 bits per heavy atom. The van der Waals surface area contributed by atoms with Crippen molar-refractivity contribution >= 4 is 49.2 Å². The fourth-order valence-electron chi connectivity index (χ4n) is 2.14. The summed E-state index contributed by atoms with van der Waals surface area (Å²) in [6.45, 7) is 4.79. The van der Waals surface area contributed by atoms with E-state index in [1.54, 1.807) is 12.1 Å². The van der Waals surface area contributed by atoms with Gasteiger partial charge in [-0.15, -0.1) is 0 Å². The van der Waals surface area contributed by atoms with E-state index in [9.17, 15) is 4.79 Å². The molecule has 0 saturated carbocycles. The normalized spacial score (nSPS) is 10.9. The second-order valence-corrected chi connectivity index (χ2v) is 6.72. The van der Waals surface area contributed by atoms with Gasteiger partial charge in [-0.05, 0) is 47.5 Å². The van der Waals surface area contributed by atoms with Crippen molar-refractivity contribution in [2.75, 3.05) is 0 Å². The molecule has 6 heteroatoms. The third-order valence-corrected chi connectivity index (χ3v) is 4.99. The largest absolute Gasteiger partial charge is 0.294 e. The average molecular weight is 435 g/mol. The number of carbonyl (C=O) groups is 1. The third-order valence-electron chi connectivity index (χ3n) is 3.25. The number of hydrogen-bond acceptors (Lipinski definition) is 2. The van der Waals surface area contributed by atoms with E-state index in [1.807, 2.05) is 24.6 Å². The summed E-state index contributed by atoms with van der Waals surface area (Å²) < 4.78 is 3.63. The van der Waals surface area contributed by atoms with Crippen molar-refractivity contribution in [1.82, 2.24) is 9.78 Å². The Morgan fingerprint density at radius 2 is 2.05 bits per heavy atom. The van der Waals surface area contributed by atoms with Gasteiger partial charge in [-0.25, -0.2) is 0 Å². The number of halogens is 3. The molecule has 112 valence electrons. The Labute approximate surface area is 145 Å². The lowest BCUT2D eigenvalue weighted by molar-refractivity contribution is 0.0990. The highest BCUT2D eigenvalue weighted by Crippen LogP contribution is 2.26. The van der Waals surface area contributed by atoms with Gasteiger partial charge in [0.1, 0.15) is 0 Å². The SMILES string of the molecule is CCc1nn(CC)c(CC(=O)c2cc(Br)ccc2Cl)c1Br. The number of aromatic nitrogens is 2. The van der Waals surface area contributed by atoms with Crippen LogP contribution < -0.4 is 0 Å². The van der Waals surface area contributed by atoms with Crippen LogP contribution in [0.4, 0.5) is 0 Å². The van der Waals surface area contributed by atoms with Gasteiger partial charge < -0.3 is 0 Å². The second-order valence-electron chi connectivity index (χ2n) is 4.60. The monoisotopic (exact) mass is 432 g/mol. The predicted octanol–water partition coefficient (Wildman–Crippen LogP) is 5.07. The van der Waals surface area contributed by atoms with E-state index in [0.29, 0.717) is 10.6 Å². The average Bonchev–Trinajstić information content (AvgIpc) is 2.77. The molecule has 1 aromatic heterocycles. The number of nitrogens with zero attached hydrogens (tertiary/aromatic N) is 2. The molecule has 2 aromatic rings. The van der Waals surface area contributed by atoms with E-state index in [4.69, 9.17) is 11.6 Å². The zero-order chi connectivity index (χ0) is 15.6. The molecule has 21 heavy (non-hydrogen) atoms. The van der Waals surface area contributed by atoms with Crippen LogP contribution in [0.1, 0.15) is 35.6 Å². The summed E-state index contributed by atoms with van der Waals surface area (Å²) in [6, 6.07) is 5.30. The molecule has 0 saturated heterocycles. The summed E-state index contributed by atoms with van der Waals surface area (Å²) >= 11 is 13.1. The van der Waals surface area contributed by atoms with E-state index >= 15 is 0 Å². The lowest BCUT2D eigenvalue weighted by atomic mass is 10.1. The highest BCUT2D eigenvalue weighted by molar-refractivity contribution is 9.10. The highest BCUT2D eigenvalue weighted by atomic mass is 79.9. The van der Waals surface area contributed by atoms with Gasteiger partial charge in [-0.2, -0.15) is 5.10 Å². The minimum atomic E-state index is -0.0146. The van der Waals surface area contributed by atoms with Gasteiger partial charge >= 0.3 is 0 Å². The smallest absolute Gasteiger partial charge is 0.170 e. The van der Waals surface area contributed by atoms with Crippen molar-refractivity contribution in [2.24, 2.45) is 0 Å². The van der Waals surface area contributed by atoms with Crippen LogP contribution in [0.25, 0.3) is 0 Å². The van der Waals surface area contributed by atoms with Crippen molar-refractivity contribution in [3.63, 3.8) is 0 Å². The van der Waals surface area contributed by atoms with Crippen LogP contribution >= 0.6 is 43.5 Å². The molecule has 0 fully saturated rings. The van der Waals surface area contributed by atoms with Crippen molar-refractivity contribution < 1.29 is 4.79 Å². The number of benzene rings is 1. The van der Waals surface area contributed by atoms with Gasteiger partial charge in [0.05, 0.1) is 27.3 Å². The van der Waals surface area contributed by atoms with Gasteiger partial charge in [0, 0.05) is 16.6 Å². The molecule has 0 spiro atoms. The first-order valence-electron chi connectivity index (χ1n) is 6.70. The van der Waals surface area contributed by atoms with E-state index < -0.39 is 0 Å². The summed E-state index contributed by atoms with van der Waals surface area (Å²) in [5, 5.41) is 4.98. The van der Waals surface area contributed by atoms with Crippen LogP contribution in [-0.4, -0.2) is 15.6 Å². The van der Waals surface area contributed by atoms with Gasteiger partial charge in [-0.3, -0.25) is 9.48 Å². The molecule has 0 unspecified atom stereocenters. The number of hydrogen-bond donors (Lipinski definition) is 0. The predicted molar refractivity (Wildman–Crippen MR) is 92.2 cm³/mol. The maximum atomic E-state index is 12.5. The Kier molecular flexibility index (Phi) is 5.63. The zero-order valence-corrected chi connectivity index (χ0v) is 15.7. The molecule has 3 nitrogen and oxygen atoms in total. The topological polar surface area (TPSA) is 34.9 Å². The molecule has 0 atom stereocenters. The molecule has 0 N–H and O–H groups in total. The van der Waals surface area contributed by atoms with Crippen LogP contribution in [-0.2, 0) is 19.4 Å². The van der Waals surface area contributed by atoms with Gasteiger partial charge in [-0.1, -0.05) is 34.5 Å². The Morgan fingerprint density at radius 1 is 1.33 bits per heavy atom. The fraction of sp³-hybridized carbons (Fsp3) is 0.333. The minimum absolute atomic E-state index is 0.0146. The number of aryl methyl sites for hydroxylation is 2. The van der Waals surface area contributed by atoms with Crippen molar-refractivity contribution in [1.29, 1.82) is 0 Å². The summed E-state index contributed by atoms with van der Waals surface area (Å²) in [7, 11) is 0. The van der Waals surface area contributed by atoms with Crippen LogP contribution in [0.15, 0.2) is 27.1 Å². The van der Waals surface area contributed by atoms with Crippen LogP contribution in [0.2, 0.25) is 5.02 Å². The molecule has 1 aromatic carbocycles. The van der Waals surface area contributed by atoms with Gasteiger partial charge in [0.2, 0.25) is 0 Å². The standard InChI is InChI=1S/C15H15Br2ClN2O/c1-3-12-15(17)13(20(4-2)19-12)8-14(21)10-7-9(16)5-6-11(10)18/h5-7H,3-4,8H2,1-2H3. The molecule has 0 amide bonds.